The van der Waals surface area contributed by atoms with Gasteiger partial charge in [-0.1, -0.05) is 43.2 Å². The fourth-order valence-electron chi connectivity index (χ4n) is 5.22. The minimum atomic E-state index is -1.35. The Balaban J connectivity index is 1.71. The molecule has 4 amide bonds. The van der Waals surface area contributed by atoms with Gasteiger partial charge in [-0.3, -0.25) is 28.8 Å². The normalized spacial score (nSPS) is 23.7. The maximum Gasteiger partial charge on any atom is 0.303 e. The van der Waals surface area contributed by atoms with Gasteiger partial charge in [0.05, 0.1) is 0 Å². The fraction of sp³-hybridized carbons (Fsp3) is 0.600. The number of esters is 1. The molecule has 1 aromatic carbocycles. The third kappa shape index (κ3) is 8.86. The van der Waals surface area contributed by atoms with Gasteiger partial charge in [0.2, 0.25) is 23.6 Å². The Morgan fingerprint density at radius 3 is 2.39 bits per heavy atom. The van der Waals surface area contributed by atoms with Crippen LogP contribution < -0.4 is 16.0 Å². The molecular formula is C30H42N4O7. The van der Waals surface area contributed by atoms with Crippen LogP contribution in [0, 0.1) is 0 Å². The van der Waals surface area contributed by atoms with Crippen LogP contribution in [-0.4, -0.2) is 76.6 Å². The molecule has 2 heterocycles. The molecule has 224 valence electrons. The van der Waals surface area contributed by atoms with Gasteiger partial charge in [-0.15, -0.1) is 0 Å². The van der Waals surface area contributed by atoms with E-state index in [0.717, 1.165) is 5.56 Å². The van der Waals surface area contributed by atoms with Crippen molar-refractivity contribution in [3.63, 3.8) is 0 Å². The predicted octanol–water partition coefficient (Wildman–Crippen LogP) is 1.57. The molecule has 2 saturated heterocycles. The summed E-state index contributed by atoms with van der Waals surface area (Å²) in [5.41, 5.74) is -0.485. The average Bonchev–Trinajstić information content (AvgIpc) is 3.41. The molecule has 2 aliphatic heterocycles. The first-order valence-electron chi connectivity index (χ1n) is 14.4. The minimum absolute atomic E-state index is 0.179. The van der Waals surface area contributed by atoms with Crippen molar-refractivity contribution in [2.45, 2.75) is 109 Å². The number of rotatable bonds is 10. The molecule has 2 aliphatic rings. The van der Waals surface area contributed by atoms with Crippen molar-refractivity contribution in [2.75, 3.05) is 6.54 Å². The van der Waals surface area contributed by atoms with Gasteiger partial charge in [0.15, 0.2) is 11.9 Å². The summed E-state index contributed by atoms with van der Waals surface area (Å²) >= 11 is 0. The molecule has 3 N–H and O–H groups in total. The molecule has 0 bridgehead atoms. The average molecular weight is 571 g/mol. The minimum Gasteiger partial charge on any atom is -0.455 e. The molecule has 11 heteroatoms. The molecule has 1 aromatic rings. The van der Waals surface area contributed by atoms with Crippen LogP contribution in [0.3, 0.4) is 0 Å². The highest BCUT2D eigenvalue weighted by atomic mass is 16.5. The van der Waals surface area contributed by atoms with Crippen LogP contribution in [0.4, 0.5) is 0 Å². The van der Waals surface area contributed by atoms with Gasteiger partial charge in [0, 0.05) is 26.3 Å². The van der Waals surface area contributed by atoms with Gasteiger partial charge < -0.3 is 25.6 Å². The number of ketones is 1. The summed E-state index contributed by atoms with van der Waals surface area (Å²) in [5.74, 6) is -2.41. The second-order valence-corrected chi connectivity index (χ2v) is 11.4. The van der Waals surface area contributed by atoms with Crippen LogP contribution in [0.5, 0.6) is 0 Å². The van der Waals surface area contributed by atoms with E-state index in [1.54, 1.807) is 13.8 Å². The summed E-state index contributed by atoms with van der Waals surface area (Å²) in [6, 6.07) is 6.78. The lowest BCUT2D eigenvalue weighted by Crippen LogP contribution is -2.64. The van der Waals surface area contributed by atoms with Crippen LogP contribution in [0.2, 0.25) is 0 Å². The lowest BCUT2D eigenvalue weighted by atomic mass is 9.98. The van der Waals surface area contributed by atoms with E-state index < -0.39 is 53.5 Å². The van der Waals surface area contributed by atoms with Gasteiger partial charge in [-0.2, -0.15) is 0 Å². The number of nitrogens with zero attached hydrogens (tertiary/aromatic N) is 1. The Hall–Kier alpha value is -3.76. The lowest BCUT2D eigenvalue weighted by molar-refractivity contribution is -0.151. The Morgan fingerprint density at radius 2 is 1.71 bits per heavy atom. The quantitative estimate of drug-likeness (QED) is 0.285. The summed E-state index contributed by atoms with van der Waals surface area (Å²) in [5, 5.41) is 8.42. The first-order chi connectivity index (χ1) is 19.4. The number of Topliss-reactive ketones (excluding diaryl/α,β-unsaturated/α-hetero) is 1. The number of hydrogen-bond donors (Lipinski definition) is 3. The molecule has 4 atom stereocenters. The van der Waals surface area contributed by atoms with E-state index in [1.165, 1.54) is 18.7 Å². The van der Waals surface area contributed by atoms with Crippen LogP contribution >= 0.6 is 0 Å². The predicted molar refractivity (Wildman–Crippen MR) is 150 cm³/mol. The number of carbonyl (C=O) groups excluding carboxylic acids is 6. The van der Waals surface area contributed by atoms with Crippen molar-refractivity contribution in [2.24, 2.45) is 0 Å². The fourth-order valence-corrected chi connectivity index (χ4v) is 5.22. The molecule has 0 aromatic heterocycles. The number of amides is 4. The van der Waals surface area contributed by atoms with Crippen LogP contribution in [-0.2, 0) is 39.9 Å². The van der Waals surface area contributed by atoms with Gasteiger partial charge >= 0.3 is 5.97 Å². The number of ether oxygens (including phenoxy) is 1. The molecule has 0 unspecified atom stereocenters. The number of fused-ring (bicyclic) bond motifs is 1. The van der Waals surface area contributed by atoms with Crippen molar-refractivity contribution in [3.8, 4) is 0 Å². The van der Waals surface area contributed by atoms with Gasteiger partial charge in [0.25, 0.3) is 0 Å². The number of hydrogen-bond acceptors (Lipinski definition) is 7. The summed E-state index contributed by atoms with van der Waals surface area (Å²) < 4.78 is 4.91. The summed E-state index contributed by atoms with van der Waals surface area (Å²) in [7, 11) is 0. The summed E-state index contributed by atoms with van der Waals surface area (Å²) in [6.07, 6.45) is 2.75. The molecule has 0 radical (unpaired) electrons. The first-order valence-corrected chi connectivity index (χ1v) is 14.4. The van der Waals surface area contributed by atoms with Crippen molar-refractivity contribution < 1.29 is 33.5 Å². The Labute approximate surface area is 241 Å². The van der Waals surface area contributed by atoms with E-state index in [2.05, 4.69) is 16.0 Å². The number of carbonyl (C=O) groups is 6. The van der Waals surface area contributed by atoms with Crippen molar-refractivity contribution in [1.82, 2.24) is 20.9 Å². The topological polar surface area (TPSA) is 151 Å². The number of nitrogens with one attached hydrogen (secondary N) is 3. The van der Waals surface area contributed by atoms with E-state index in [4.69, 9.17) is 4.74 Å². The Morgan fingerprint density at radius 1 is 1.00 bits per heavy atom. The molecular weight excluding hydrogens is 528 g/mol. The van der Waals surface area contributed by atoms with Crippen molar-refractivity contribution >= 4 is 35.4 Å². The summed E-state index contributed by atoms with van der Waals surface area (Å²) in [6.45, 7) is 6.29. The van der Waals surface area contributed by atoms with Crippen molar-refractivity contribution in [3.05, 3.63) is 35.9 Å². The van der Waals surface area contributed by atoms with Crippen LogP contribution in [0.15, 0.2) is 30.3 Å². The van der Waals surface area contributed by atoms with E-state index in [9.17, 15) is 28.8 Å². The Bertz CT molecular complexity index is 1140. The van der Waals surface area contributed by atoms with Crippen LogP contribution in [0.25, 0.3) is 0 Å². The molecule has 0 saturated carbocycles. The highest BCUT2D eigenvalue weighted by molar-refractivity contribution is 5.99. The van der Waals surface area contributed by atoms with E-state index in [0.29, 0.717) is 45.1 Å². The highest BCUT2D eigenvalue weighted by Crippen LogP contribution is 2.21. The van der Waals surface area contributed by atoms with Crippen molar-refractivity contribution in [1.29, 1.82) is 0 Å². The third-order valence-electron chi connectivity index (χ3n) is 7.57. The molecule has 11 nitrogen and oxygen atoms in total. The number of benzene rings is 1. The molecule has 41 heavy (non-hydrogen) atoms. The Kier molecular flexibility index (Phi) is 11.0. The highest BCUT2D eigenvalue weighted by Gasteiger charge is 2.42. The molecule has 0 spiro atoms. The standard InChI is InChI=1S/C30H42N4O7/c1-19(41-20(2)35)25(36)16-10-6-9-14-22-26(37)33-30(3,4)29(40)32-23(18-21-12-7-5-8-13-21)28(39)34-17-11-15-24(34)27(38)31-22/h5,7-8,12-13,19,22-24H,6,9-11,14-18H2,1-4H3,(H,31,38)(H,32,40)(H,33,37)/t19-,22+,23+,24-/m1/s1. The summed E-state index contributed by atoms with van der Waals surface area (Å²) in [4.78, 5) is 78.5. The molecule has 3 rings (SSSR count). The van der Waals surface area contributed by atoms with Gasteiger partial charge in [-0.05, 0) is 52.0 Å². The van der Waals surface area contributed by atoms with E-state index >= 15 is 0 Å². The molecule has 0 aliphatic carbocycles. The maximum absolute atomic E-state index is 13.7. The largest absolute Gasteiger partial charge is 0.455 e. The second-order valence-electron chi connectivity index (χ2n) is 11.4. The van der Waals surface area contributed by atoms with E-state index in [-0.39, 0.29) is 24.5 Å². The monoisotopic (exact) mass is 570 g/mol. The van der Waals surface area contributed by atoms with Gasteiger partial charge in [-0.25, -0.2) is 0 Å². The zero-order valence-electron chi connectivity index (χ0n) is 24.4. The maximum atomic E-state index is 13.7. The van der Waals surface area contributed by atoms with Crippen LogP contribution in [0.1, 0.15) is 78.2 Å². The second kappa shape index (κ2) is 14.2. The first kappa shape index (κ1) is 31.8. The zero-order chi connectivity index (χ0) is 30.2. The van der Waals surface area contributed by atoms with Gasteiger partial charge in [0.1, 0.15) is 23.7 Å². The SMILES string of the molecule is CC(=O)O[C@H](C)C(=O)CCCCC[C@@H]1NC(=O)[C@H]2CCCN2C(=O)[C@H](Cc2ccccc2)NC(=O)C(C)(C)NC1=O. The number of unbranched alkanes of at least 4 members (excludes halogenated alkanes) is 2. The zero-order valence-corrected chi connectivity index (χ0v) is 24.4. The lowest BCUT2D eigenvalue weighted by Gasteiger charge is -2.34. The van der Waals surface area contributed by atoms with E-state index in [1.807, 2.05) is 30.3 Å². The molecule has 2 fully saturated rings. The smallest absolute Gasteiger partial charge is 0.303 e. The third-order valence-corrected chi connectivity index (χ3v) is 7.57.